The highest BCUT2D eigenvalue weighted by atomic mass is 35.5. The molecule has 3 aromatic rings. The number of hydrogen-bond acceptors (Lipinski definition) is 8. The predicted octanol–water partition coefficient (Wildman–Crippen LogP) is 3.46. The number of rotatable bonds is 11. The molecule has 0 unspecified atom stereocenters. The van der Waals surface area contributed by atoms with Gasteiger partial charge in [0.1, 0.15) is 22.3 Å². The molecule has 1 fully saturated rings. The lowest BCUT2D eigenvalue weighted by Crippen LogP contribution is -2.44. The third kappa shape index (κ3) is 7.38. The van der Waals surface area contributed by atoms with Gasteiger partial charge in [-0.05, 0) is 37.6 Å². The van der Waals surface area contributed by atoms with E-state index in [4.69, 9.17) is 16.3 Å². The van der Waals surface area contributed by atoms with Crippen molar-refractivity contribution in [2.45, 2.75) is 25.8 Å². The van der Waals surface area contributed by atoms with Gasteiger partial charge in [0, 0.05) is 45.3 Å². The number of piperazine rings is 1. The Labute approximate surface area is 223 Å². The number of methoxy groups -OCH3 is 1. The summed E-state index contributed by atoms with van der Waals surface area (Å²) in [5.74, 6) is 1.49. The fourth-order valence-corrected chi connectivity index (χ4v) is 4.46. The van der Waals surface area contributed by atoms with E-state index in [1.165, 1.54) is 0 Å². The van der Waals surface area contributed by atoms with E-state index in [-0.39, 0.29) is 11.9 Å². The number of carbonyl (C=O) groups excluding carboxylic acids is 1. The summed E-state index contributed by atoms with van der Waals surface area (Å²) in [5.41, 5.74) is 2.15. The third-order valence-electron chi connectivity index (χ3n) is 6.32. The number of amides is 1. The van der Waals surface area contributed by atoms with Gasteiger partial charge in [-0.25, -0.2) is 15.0 Å². The van der Waals surface area contributed by atoms with Crippen molar-refractivity contribution >= 4 is 23.3 Å². The zero-order valence-electron chi connectivity index (χ0n) is 21.3. The summed E-state index contributed by atoms with van der Waals surface area (Å²) in [5, 5.41) is 10.3. The number of anilines is 1. The highest BCUT2D eigenvalue weighted by Gasteiger charge is 2.19. The number of nitrogens with zero attached hydrogens (tertiary/aromatic N) is 4. The lowest BCUT2D eigenvalue weighted by Gasteiger charge is -2.27. The second-order valence-electron chi connectivity index (χ2n) is 8.96. The van der Waals surface area contributed by atoms with Crippen molar-refractivity contribution in [3.63, 3.8) is 0 Å². The minimum Gasteiger partial charge on any atom is -0.494 e. The quantitative estimate of drug-likeness (QED) is 0.351. The standard InChI is InChI=1S/C27H34ClN7O2/c1-19-24(28)26(34-27(32-19)25-22(37-2)10-6-12-30-25)31-18-21(20-8-4-3-5-9-20)33-23(36)11-7-15-35-16-13-29-14-17-35/h3-6,8-10,12,21,29H,7,11,13-18H2,1-2H3,(H,33,36)(H,31,32,34)/t21-/m0/s1. The molecule has 4 rings (SSSR count). The number of benzene rings is 1. The monoisotopic (exact) mass is 523 g/mol. The van der Waals surface area contributed by atoms with Gasteiger partial charge in [0.25, 0.3) is 0 Å². The molecule has 3 heterocycles. The summed E-state index contributed by atoms with van der Waals surface area (Å²) in [6, 6.07) is 13.2. The molecule has 37 heavy (non-hydrogen) atoms. The Morgan fingerprint density at radius 3 is 2.70 bits per heavy atom. The first-order chi connectivity index (χ1) is 18.0. The van der Waals surface area contributed by atoms with Crippen molar-refractivity contribution in [1.29, 1.82) is 0 Å². The lowest BCUT2D eigenvalue weighted by atomic mass is 10.1. The molecule has 3 N–H and O–H groups in total. The molecule has 0 spiro atoms. The molecular weight excluding hydrogens is 490 g/mol. The van der Waals surface area contributed by atoms with Crippen molar-refractivity contribution in [1.82, 2.24) is 30.5 Å². The first kappa shape index (κ1) is 26.8. The molecule has 1 atom stereocenters. The van der Waals surface area contributed by atoms with E-state index in [9.17, 15) is 4.79 Å². The first-order valence-electron chi connectivity index (χ1n) is 12.6. The smallest absolute Gasteiger partial charge is 0.220 e. The molecule has 0 radical (unpaired) electrons. The maximum absolute atomic E-state index is 12.9. The molecule has 10 heteroatoms. The second-order valence-corrected chi connectivity index (χ2v) is 9.33. The van der Waals surface area contributed by atoms with E-state index < -0.39 is 0 Å². The van der Waals surface area contributed by atoms with Gasteiger partial charge in [-0.15, -0.1) is 0 Å². The number of carbonyl (C=O) groups is 1. The molecule has 1 aliphatic heterocycles. The Hall–Kier alpha value is -3.27. The van der Waals surface area contributed by atoms with Crippen LogP contribution in [-0.2, 0) is 4.79 Å². The number of aromatic nitrogens is 3. The number of nitrogens with one attached hydrogen (secondary N) is 3. The molecule has 0 saturated carbocycles. The van der Waals surface area contributed by atoms with Gasteiger partial charge in [0.2, 0.25) is 5.91 Å². The molecule has 0 aliphatic carbocycles. The minimum atomic E-state index is -0.257. The summed E-state index contributed by atoms with van der Waals surface area (Å²) >= 11 is 6.57. The molecule has 2 aromatic heterocycles. The molecule has 1 aliphatic rings. The van der Waals surface area contributed by atoms with Crippen LogP contribution >= 0.6 is 11.6 Å². The van der Waals surface area contributed by atoms with Gasteiger partial charge in [0.15, 0.2) is 5.82 Å². The molecule has 9 nitrogen and oxygen atoms in total. The summed E-state index contributed by atoms with van der Waals surface area (Å²) in [7, 11) is 1.58. The Bertz CT molecular complexity index is 1170. The Morgan fingerprint density at radius 2 is 1.95 bits per heavy atom. The SMILES string of the molecule is COc1cccnc1-c1nc(C)c(Cl)c(NC[C@H](NC(=O)CCCN2CCNCC2)c2ccccc2)n1. The zero-order chi connectivity index (χ0) is 26.0. The normalized spacial score (nSPS) is 14.7. The molecule has 1 saturated heterocycles. The number of hydrogen-bond donors (Lipinski definition) is 3. The summed E-state index contributed by atoms with van der Waals surface area (Å²) < 4.78 is 5.43. The first-order valence-corrected chi connectivity index (χ1v) is 13.0. The highest BCUT2D eigenvalue weighted by molar-refractivity contribution is 6.33. The van der Waals surface area contributed by atoms with Crippen molar-refractivity contribution in [3.8, 4) is 17.3 Å². The fraction of sp³-hybridized carbons (Fsp3) is 0.407. The van der Waals surface area contributed by atoms with E-state index >= 15 is 0 Å². The Balaban J connectivity index is 1.45. The van der Waals surface area contributed by atoms with Crippen LogP contribution in [0.25, 0.3) is 11.5 Å². The zero-order valence-corrected chi connectivity index (χ0v) is 22.1. The summed E-state index contributed by atoms with van der Waals surface area (Å²) in [6.45, 7) is 7.24. The van der Waals surface area contributed by atoms with E-state index in [0.717, 1.165) is 44.7 Å². The molecule has 196 valence electrons. The van der Waals surface area contributed by atoms with E-state index in [1.54, 1.807) is 19.4 Å². The molecule has 0 bridgehead atoms. The van der Waals surface area contributed by atoms with Crippen LogP contribution in [0.3, 0.4) is 0 Å². The molecular formula is C27H34ClN7O2. The largest absolute Gasteiger partial charge is 0.494 e. The predicted molar refractivity (Wildman–Crippen MR) is 146 cm³/mol. The maximum atomic E-state index is 12.9. The topological polar surface area (TPSA) is 104 Å². The van der Waals surface area contributed by atoms with Crippen LogP contribution < -0.4 is 20.7 Å². The van der Waals surface area contributed by atoms with Crippen LogP contribution in [-0.4, -0.2) is 72.1 Å². The second kappa shape index (κ2) is 13.3. The van der Waals surface area contributed by atoms with Gasteiger partial charge in [-0.1, -0.05) is 41.9 Å². The average molecular weight is 524 g/mol. The number of halogens is 1. The van der Waals surface area contributed by atoms with Crippen LogP contribution in [0, 0.1) is 6.92 Å². The van der Waals surface area contributed by atoms with Gasteiger partial charge in [-0.2, -0.15) is 0 Å². The van der Waals surface area contributed by atoms with Crippen LogP contribution in [0.15, 0.2) is 48.7 Å². The summed E-state index contributed by atoms with van der Waals surface area (Å²) in [6.07, 6.45) is 2.97. The maximum Gasteiger partial charge on any atom is 0.220 e. The van der Waals surface area contributed by atoms with E-state index in [0.29, 0.717) is 46.8 Å². The number of pyridine rings is 1. The van der Waals surface area contributed by atoms with Crippen molar-refractivity contribution in [3.05, 3.63) is 64.9 Å². The van der Waals surface area contributed by atoms with Crippen molar-refractivity contribution in [2.24, 2.45) is 0 Å². The van der Waals surface area contributed by atoms with Gasteiger partial charge in [0.05, 0.1) is 18.8 Å². The molecule has 1 aromatic carbocycles. The number of aryl methyl sites for hydroxylation is 1. The van der Waals surface area contributed by atoms with E-state index in [1.807, 2.05) is 43.3 Å². The Morgan fingerprint density at radius 1 is 1.16 bits per heavy atom. The van der Waals surface area contributed by atoms with Gasteiger partial charge < -0.3 is 25.6 Å². The number of ether oxygens (including phenoxy) is 1. The fourth-order valence-electron chi connectivity index (χ4n) is 4.31. The van der Waals surface area contributed by atoms with E-state index in [2.05, 4.69) is 35.8 Å². The minimum absolute atomic E-state index is 0.0228. The Kier molecular flexibility index (Phi) is 9.65. The van der Waals surface area contributed by atoms with Crippen LogP contribution in [0.2, 0.25) is 5.02 Å². The van der Waals surface area contributed by atoms with Crippen LogP contribution in [0.1, 0.15) is 30.1 Å². The van der Waals surface area contributed by atoms with Gasteiger partial charge in [-0.3, -0.25) is 4.79 Å². The molecule has 1 amide bonds. The van der Waals surface area contributed by atoms with Crippen molar-refractivity contribution < 1.29 is 9.53 Å². The summed E-state index contributed by atoms with van der Waals surface area (Å²) in [4.78, 5) is 28.8. The van der Waals surface area contributed by atoms with Gasteiger partial charge >= 0.3 is 0 Å². The van der Waals surface area contributed by atoms with Crippen LogP contribution in [0.5, 0.6) is 5.75 Å². The third-order valence-corrected chi connectivity index (χ3v) is 6.77. The lowest BCUT2D eigenvalue weighted by molar-refractivity contribution is -0.121. The van der Waals surface area contributed by atoms with Crippen LogP contribution in [0.4, 0.5) is 5.82 Å². The highest BCUT2D eigenvalue weighted by Crippen LogP contribution is 2.30. The average Bonchev–Trinajstić information content (AvgIpc) is 2.94. The van der Waals surface area contributed by atoms with Crippen molar-refractivity contribution in [2.75, 3.05) is 51.7 Å².